The molecule has 88 valence electrons. The maximum Gasteiger partial charge on any atom is 0.00947 e. The Kier molecular flexibility index (Phi) is 4.04. The van der Waals surface area contributed by atoms with Gasteiger partial charge in [-0.1, -0.05) is 19.8 Å². The summed E-state index contributed by atoms with van der Waals surface area (Å²) in [7, 11) is 2.33. The van der Waals surface area contributed by atoms with Crippen LogP contribution in [0.3, 0.4) is 0 Å². The highest BCUT2D eigenvalue weighted by Crippen LogP contribution is 2.27. The first-order valence-corrected chi connectivity index (χ1v) is 6.66. The van der Waals surface area contributed by atoms with Crippen LogP contribution in [0, 0.1) is 11.8 Å². The number of hydrogen-bond donors (Lipinski definition) is 1. The van der Waals surface area contributed by atoms with Gasteiger partial charge in [-0.3, -0.25) is 0 Å². The molecule has 0 aromatic carbocycles. The van der Waals surface area contributed by atoms with Gasteiger partial charge in [0.25, 0.3) is 0 Å². The molecule has 1 aliphatic carbocycles. The van der Waals surface area contributed by atoms with Crippen LogP contribution in [-0.2, 0) is 0 Å². The van der Waals surface area contributed by atoms with E-state index in [-0.39, 0.29) is 0 Å². The molecule has 1 saturated carbocycles. The number of rotatable bonds is 4. The molecule has 0 spiro atoms. The summed E-state index contributed by atoms with van der Waals surface area (Å²) in [5.74, 6) is 1.92. The molecule has 2 nitrogen and oxygen atoms in total. The highest BCUT2D eigenvalue weighted by Gasteiger charge is 2.23. The van der Waals surface area contributed by atoms with Gasteiger partial charge in [-0.15, -0.1) is 0 Å². The van der Waals surface area contributed by atoms with Crippen molar-refractivity contribution in [3.63, 3.8) is 0 Å². The largest absolute Gasteiger partial charge is 0.316 e. The summed E-state index contributed by atoms with van der Waals surface area (Å²) in [4.78, 5) is 2.62. The fourth-order valence-corrected chi connectivity index (χ4v) is 2.92. The fraction of sp³-hybridized carbons (Fsp3) is 1.00. The highest BCUT2D eigenvalue weighted by atomic mass is 15.1. The normalized spacial score (nSPS) is 33.0. The number of nitrogens with one attached hydrogen (secondary N) is 1. The molecule has 0 bridgehead atoms. The highest BCUT2D eigenvalue weighted by molar-refractivity contribution is 4.80. The van der Waals surface area contributed by atoms with E-state index in [1.165, 1.54) is 51.7 Å². The molecule has 0 radical (unpaired) electrons. The number of hydrogen-bond acceptors (Lipinski definition) is 2. The Morgan fingerprint density at radius 2 is 2.07 bits per heavy atom. The van der Waals surface area contributed by atoms with E-state index >= 15 is 0 Å². The lowest BCUT2D eigenvalue weighted by molar-refractivity contribution is 0.149. The second-order valence-corrected chi connectivity index (χ2v) is 5.72. The van der Waals surface area contributed by atoms with Crippen molar-refractivity contribution in [1.82, 2.24) is 10.2 Å². The predicted octanol–water partition coefficient (Wildman–Crippen LogP) is 2.11. The summed E-state index contributed by atoms with van der Waals surface area (Å²) in [5.41, 5.74) is 0. The summed E-state index contributed by atoms with van der Waals surface area (Å²) in [5, 5.41) is 3.35. The summed E-state index contributed by atoms with van der Waals surface area (Å²) in [6, 6.07) is 0.877. The topological polar surface area (TPSA) is 15.3 Å². The molecule has 15 heavy (non-hydrogen) atoms. The third-order valence-corrected chi connectivity index (χ3v) is 4.29. The molecule has 0 amide bonds. The summed E-state index contributed by atoms with van der Waals surface area (Å²) in [6.07, 6.45) is 7.16. The predicted molar refractivity (Wildman–Crippen MR) is 65.0 cm³/mol. The Morgan fingerprint density at radius 1 is 1.27 bits per heavy atom. The van der Waals surface area contributed by atoms with Crippen molar-refractivity contribution in [3.05, 3.63) is 0 Å². The van der Waals surface area contributed by atoms with Crippen LogP contribution < -0.4 is 5.32 Å². The monoisotopic (exact) mass is 210 g/mol. The molecule has 1 aliphatic heterocycles. The standard InChI is InChI=1S/C13H26N2/c1-11-4-3-5-13(8-11)15(2)7-6-12-9-14-10-12/h11-14H,3-10H2,1-2H3. The number of nitrogens with zero attached hydrogens (tertiary/aromatic N) is 1. The van der Waals surface area contributed by atoms with E-state index in [1.54, 1.807) is 0 Å². The van der Waals surface area contributed by atoms with Gasteiger partial charge in [-0.25, -0.2) is 0 Å². The fourth-order valence-electron chi connectivity index (χ4n) is 2.92. The molecule has 2 aliphatic rings. The van der Waals surface area contributed by atoms with Gasteiger partial charge in [0, 0.05) is 6.04 Å². The van der Waals surface area contributed by atoms with Gasteiger partial charge in [-0.05, 0) is 57.8 Å². The van der Waals surface area contributed by atoms with E-state index in [2.05, 4.69) is 24.2 Å². The lowest BCUT2D eigenvalue weighted by atomic mass is 9.86. The SMILES string of the molecule is CC1CCCC(N(C)CCC2CNC2)C1. The molecular weight excluding hydrogens is 184 g/mol. The van der Waals surface area contributed by atoms with Gasteiger partial charge in [0.2, 0.25) is 0 Å². The van der Waals surface area contributed by atoms with E-state index in [4.69, 9.17) is 0 Å². The van der Waals surface area contributed by atoms with Crippen molar-refractivity contribution in [2.24, 2.45) is 11.8 Å². The second-order valence-electron chi connectivity index (χ2n) is 5.72. The van der Waals surface area contributed by atoms with Crippen molar-refractivity contribution in [2.45, 2.75) is 45.1 Å². The van der Waals surface area contributed by atoms with Gasteiger partial charge in [0.15, 0.2) is 0 Å². The molecular formula is C13H26N2. The Morgan fingerprint density at radius 3 is 2.67 bits per heavy atom. The lowest BCUT2D eigenvalue weighted by Gasteiger charge is -2.36. The van der Waals surface area contributed by atoms with Crippen LogP contribution in [0.5, 0.6) is 0 Å². The third kappa shape index (κ3) is 3.18. The van der Waals surface area contributed by atoms with Gasteiger partial charge >= 0.3 is 0 Å². The van der Waals surface area contributed by atoms with Gasteiger partial charge in [0.1, 0.15) is 0 Å². The molecule has 1 N–H and O–H groups in total. The van der Waals surface area contributed by atoms with Crippen LogP contribution in [0.2, 0.25) is 0 Å². The average molecular weight is 210 g/mol. The minimum absolute atomic E-state index is 0.877. The van der Waals surface area contributed by atoms with E-state index in [1.807, 2.05) is 0 Å². The van der Waals surface area contributed by atoms with Crippen molar-refractivity contribution >= 4 is 0 Å². The quantitative estimate of drug-likeness (QED) is 0.764. The molecule has 2 unspecified atom stereocenters. The van der Waals surface area contributed by atoms with Gasteiger partial charge in [-0.2, -0.15) is 0 Å². The molecule has 1 saturated heterocycles. The van der Waals surface area contributed by atoms with Crippen molar-refractivity contribution in [2.75, 3.05) is 26.7 Å². The zero-order valence-corrected chi connectivity index (χ0v) is 10.3. The molecule has 2 heteroatoms. The maximum atomic E-state index is 3.35. The second kappa shape index (κ2) is 5.31. The molecule has 2 atom stereocenters. The summed E-state index contributed by atoms with van der Waals surface area (Å²) < 4.78 is 0. The van der Waals surface area contributed by atoms with Crippen LogP contribution >= 0.6 is 0 Å². The Bertz CT molecular complexity index is 189. The van der Waals surface area contributed by atoms with Gasteiger partial charge < -0.3 is 10.2 Å². The van der Waals surface area contributed by atoms with Crippen LogP contribution in [0.1, 0.15) is 39.0 Å². The summed E-state index contributed by atoms with van der Waals surface area (Å²) in [6.45, 7) is 6.24. The molecule has 1 heterocycles. The Balaban J connectivity index is 1.66. The molecule has 2 rings (SSSR count). The molecule has 0 aromatic rings. The first-order chi connectivity index (χ1) is 7.25. The molecule has 0 aromatic heterocycles. The molecule has 2 fully saturated rings. The minimum Gasteiger partial charge on any atom is -0.316 e. The third-order valence-electron chi connectivity index (χ3n) is 4.29. The van der Waals surface area contributed by atoms with Crippen LogP contribution in [0.4, 0.5) is 0 Å². The van der Waals surface area contributed by atoms with Gasteiger partial charge in [0.05, 0.1) is 0 Å². The summed E-state index contributed by atoms with van der Waals surface area (Å²) >= 11 is 0. The van der Waals surface area contributed by atoms with E-state index in [0.717, 1.165) is 17.9 Å². The average Bonchev–Trinajstić information content (AvgIpc) is 2.15. The van der Waals surface area contributed by atoms with Crippen molar-refractivity contribution < 1.29 is 0 Å². The van der Waals surface area contributed by atoms with Crippen LogP contribution in [-0.4, -0.2) is 37.6 Å². The Labute approximate surface area is 94.4 Å². The zero-order chi connectivity index (χ0) is 10.7. The maximum absolute atomic E-state index is 3.35. The van der Waals surface area contributed by atoms with Crippen LogP contribution in [0.15, 0.2) is 0 Å². The first-order valence-electron chi connectivity index (χ1n) is 6.66. The van der Waals surface area contributed by atoms with Crippen LogP contribution in [0.25, 0.3) is 0 Å². The zero-order valence-electron chi connectivity index (χ0n) is 10.3. The smallest absolute Gasteiger partial charge is 0.00947 e. The van der Waals surface area contributed by atoms with E-state index in [0.29, 0.717) is 0 Å². The van der Waals surface area contributed by atoms with E-state index < -0.39 is 0 Å². The first kappa shape index (κ1) is 11.4. The van der Waals surface area contributed by atoms with Crippen molar-refractivity contribution in [3.8, 4) is 0 Å². The minimum atomic E-state index is 0.877. The van der Waals surface area contributed by atoms with Crippen molar-refractivity contribution in [1.29, 1.82) is 0 Å². The lowest BCUT2D eigenvalue weighted by Crippen LogP contribution is -2.44. The van der Waals surface area contributed by atoms with E-state index in [9.17, 15) is 0 Å². The Hall–Kier alpha value is -0.0800.